The normalized spacial score (nSPS) is 15.1. The Kier molecular flexibility index (Phi) is 6.79. The summed E-state index contributed by atoms with van der Waals surface area (Å²) >= 11 is 1.57. The van der Waals surface area contributed by atoms with Crippen LogP contribution in [-0.4, -0.2) is 51.9 Å². The molecular formula is C18H18N4O6S2. The third-order valence-electron chi connectivity index (χ3n) is 3.88. The van der Waals surface area contributed by atoms with E-state index in [1.54, 1.807) is 29.5 Å². The predicted octanol–water partition coefficient (Wildman–Crippen LogP) is 0.398. The van der Waals surface area contributed by atoms with Crippen LogP contribution in [0.25, 0.3) is 0 Å². The summed E-state index contributed by atoms with van der Waals surface area (Å²) in [6, 6.07) is 9.36. The van der Waals surface area contributed by atoms with E-state index in [9.17, 15) is 22.8 Å². The average molecular weight is 450 g/mol. The average Bonchev–Trinajstić information content (AvgIpc) is 3.31. The largest absolute Gasteiger partial charge is 0.454 e. The maximum Gasteiger partial charge on any atom is 0.328 e. The molecule has 0 saturated carbocycles. The van der Waals surface area contributed by atoms with Gasteiger partial charge in [-0.1, -0.05) is 18.2 Å². The van der Waals surface area contributed by atoms with Gasteiger partial charge in [0, 0.05) is 17.0 Å². The Morgan fingerprint density at radius 2 is 1.93 bits per heavy atom. The van der Waals surface area contributed by atoms with Gasteiger partial charge < -0.3 is 10.1 Å². The summed E-state index contributed by atoms with van der Waals surface area (Å²) in [5.41, 5.74) is 0.349. The van der Waals surface area contributed by atoms with Gasteiger partial charge >= 0.3 is 12.0 Å². The number of ether oxygens (including phenoxy) is 1. The van der Waals surface area contributed by atoms with Crippen molar-refractivity contribution in [2.75, 3.05) is 19.7 Å². The van der Waals surface area contributed by atoms with E-state index in [0.29, 0.717) is 18.5 Å². The van der Waals surface area contributed by atoms with Crippen molar-refractivity contribution < 1.29 is 27.5 Å². The zero-order valence-corrected chi connectivity index (χ0v) is 17.2. The second-order valence-corrected chi connectivity index (χ2v) is 8.74. The minimum Gasteiger partial charge on any atom is -0.454 e. The zero-order valence-electron chi connectivity index (χ0n) is 15.6. The molecule has 2 heterocycles. The van der Waals surface area contributed by atoms with E-state index in [-0.39, 0.29) is 10.7 Å². The summed E-state index contributed by atoms with van der Waals surface area (Å²) in [6.45, 7) is -0.800. The molecule has 3 rings (SSSR count). The number of amides is 3. The van der Waals surface area contributed by atoms with E-state index in [0.717, 1.165) is 4.88 Å². The van der Waals surface area contributed by atoms with Gasteiger partial charge in [0.25, 0.3) is 15.9 Å². The number of esters is 1. The number of benzene rings is 1. The number of aliphatic imine (C=N–C) groups is 1. The fourth-order valence-electron chi connectivity index (χ4n) is 2.55. The first-order valence-electron chi connectivity index (χ1n) is 8.77. The third kappa shape index (κ3) is 5.64. The van der Waals surface area contributed by atoms with Gasteiger partial charge in [-0.05, 0) is 30.0 Å². The highest BCUT2D eigenvalue weighted by Crippen LogP contribution is 2.21. The highest BCUT2D eigenvalue weighted by atomic mass is 32.2. The Bertz CT molecular complexity index is 1080. The molecule has 0 spiro atoms. The van der Waals surface area contributed by atoms with Crippen molar-refractivity contribution in [2.24, 2.45) is 4.99 Å². The molecule has 30 heavy (non-hydrogen) atoms. The van der Waals surface area contributed by atoms with Crippen molar-refractivity contribution >= 4 is 45.1 Å². The molecule has 10 nitrogen and oxygen atoms in total. The second kappa shape index (κ2) is 9.50. The van der Waals surface area contributed by atoms with Crippen LogP contribution in [0.1, 0.15) is 10.4 Å². The molecule has 1 aliphatic heterocycles. The van der Waals surface area contributed by atoms with Crippen LogP contribution in [0.3, 0.4) is 0 Å². The van der Waals surface area contributed by atoms with Gasteiger partial charge in [-0.15, -0.1) is 11.3 Å². The lowest BCUT2D eigenvalue weighted by atomic mass is 10.2. The van der Waals surface area contributed by atoms with Gasteiger partial charge in [0.05, 0.1) is 4.90 Å². The fourth-order valence-corrected chi connectivity index (χ4v) is 4.51. The van der Waals surface area contributed by atoms with Crippen molar-refractivity contribution in [1.82, 2.24) is 15.4 Å². The number of thiophene rings is 1. The Morgan fingerprint density at radius 3 is 2.70 bits per heavy atom. The highest BCUT2D eigenvalue weighted by molar-refractivity contribution is 7.90. The predicted molar refractivity (Wildman–Crippen MR) is 109 cm³/mol. The zero-order chi connectivity index (χ0) is 21.6. The number of carbonyl (C=O) groups is 3. The molecule has 0 aliphatic carbocycles. The Hall–Kier alpha value is -3.25. The number of amidine groups is 1. The molecule has 0 saturated heterocycles. The molecule has 0 fully saturated rings. The van der Waals surface area contributed by atoms with Crippen LogP contribution in [0.5, 0.6) is 0 Å². The number of hydrogen-bond acceptors (Lipinski definition) is 8. The highest BCUT2D eigenvalue weighted by Gasteiger charge is 2.30. The minimum atomic E-state index is -3.70. The van der Waals surface area contributed by atoms with Crippen molar-refractivity contribution in [3.05, 3.63) is 52.2 Å². The van der Waals surface area contributed by atoms with E-state index in [4.69, 9.17) is 4.74 Å². The summed E-state index contributed by atoms with van der Waals surface area (Å²) in [5.74, 6) is -1.62. The lowest BCUT2D eigenvalue weighted by molar-refractivity contribution is -0.146. The van der Waals surface area contributed by atoms with Crippen LogP contribution < -0.4 is 15.4 Å². The number of carbonyl (C=O) groups excluding carboxylic acids is 3. The Balaban J connectivity index is 1.40. The molecule has 1 aromatic heterocycles. The van der Waals surface area contributed by atoms with Gasteiger partial charge in [-0.25, -0.2) is 13.2 Å². The van der Waals surface area contributed by atoms with Gasteiger partial charge in [0.1, 0.15) is 12.4 Å². The number of urea groups is 1. The first-order chi connectivity index (χ1) is 14.3. The molecule has 158 valence electrons. The maximum absolute atomic E-state index is 12.0. The molecule has 1 aliphatic rings. The maximum atomic E-state index is 12.0. The number of rotatable bonds is 7. The molecule has 0 atom stereocenters. The molecule has 0 bridgehead atoms. The summed E-state index contributed by atoms with van der Waals surface area (Å²) < 4.78 is 30.9. The number of sulfonamides is 1. The van der Waals surface area contributed by atoms with E-state index < -0.39 is 41.1 Å². The number of nitrogens with one attached hydrogen (secondary N) is 3. The lowest BCUT2D eigenvalue weighted by Crippen LogP contribution is -2.42. The molecule has 12 heteroatoms. The Labute approximate surface area is 176 Å². The number of hydrogen-bond donors (Lipinski definition) is 3. The Morgan fingerprint density at radius 1 is 1.13 bits per heavy atom. The molecule has 3 N–H and O–H groups in total. The third-order valence-corrected chi connectivity index (χ3v) is 6.22. The van der Waals surface area contributed by atoms with Crippen LogP contribution in [0.2, 0.25) is 0 Å². The summed E-state index contributed by atoms with van der Waals surface area (Å²) in [5, 5.41) is 6.50. The van der Waals surface area contributed by atoms with Crippen LogP contribution >= 0.6 is 11.3 Å². The summed E-state index contributed by atoms with van der Waals surface area (Å²) in [4.78, 5) is 40.2. The molecule has 0 radical (unpaired) electrons. The number of imide groups is 1. The number of nitrogens with zero attached hydrogens (tertiary/aromatic N) is 1. The number of fused-ring (bicyclic) bond motifs is 1. The second-order valence-electron chi connectivity index (χ2n) is 6.06. The molecule has 1 aromatic carbocycles. The quantitative estimate of drug-likeness (QED) is 0.521. The van der Waals surface area contributed by atoms with Crippen LogP contribution in [0.15, 0.2) is 51.7 Å². The van der Waals surface area contributed by atoms with E-state index in [1.165, 1.54) is 6.07 Å². The summed E-state index contributed by atoms with van der Waals surface area (Å²) in [7, 11) is -3.70. The van der Waals surface area contributed by atoms with Crippen molar-refractivity contribution in [3.8, 4) is 0 Å². The molecule has 3 amide bonds. The SMILES string of the molecule is O=C(COC(=O)CN=C1NS(=O)(=O)c2ccccc21)NC(=O)NCCc1cccs1. The minimum absolute atomic E-state index is 0.0251. The molecule has 2 aromatic rings. The molecular weight excluding hydrogens is 432 g/mol. The van der Waals surface area contributed by atoms with Gasteiger partial charge in [-0.2, -0.15) is 0 Å². The first-order valence-corrected chi connectivity index (χ1v) is 11.1. The lowest BCUT2D eigenvalue weighted by Gasteiger charge is -2.06. The van der Waals surface area contributed by atoms with Gasteiger partial charge in [0.2, 0.25) is 0 Å². The first kappa shape index (κ1) is 21.5. The smallest absolute Gasteiger partial charge is 0.328 e. The van der Waals surface area contributed by atoms with Crippen LogP contribution in [0, 0.1) is 0 Å². The van der Waals surface area contributed by atoms with Gasteiger partial charge in [0.15, 0.2) is 6.61 Å². The van der Waals surface area contributed by atoms with Crippen molar-refractivity contribution in [1.29, 1.82) is 0 Å². The van der Waals surface area contributed by atoms with Crippen LogP contribution in [-0.2, 0) is 30.8 Å². The van der Waals surface area contributed by atoms with Crippen molar-refractivity contribution in [3.63, 3.8) is 0 Å². The summed E-state index contributed by atoms with van der Waals surface area (Å²) in [6.07, 6.45) is 0.640. The monoisotopic (exact) mass is 450 g/mol. The van der Waals surface area contributed by atoms with Crippen LogP contribution in [0.4, 0.5) is 4.79 Å². The fraction of sp³-hybridized carbons (Fsp3) is 0.222. The van der Waals surface area contributed by atoms with Gasteiger partial charge in [-0.3, -0.25) is 24.6 Å². The topological polar surface area (TPSA) is 143 Å². The van der Waals surface area contributed by atoms with Crippen molar-refractivity contribution in [2.45, 2.75) is 11.3 Å². The van der Waals surface area contributed by atoms with E-state index >= 15 is 0 Å². The van der Waals surface area contributed by atoms with E-state index in [2.05, 4.69) is 15.0 Å². The standard InChI is InChI=1S/C18H18N4O6S2/c23-15(21-18(25)19-8-7-12-4-3-9-29-12)11-28-16(24)10-20-17-13-5-1-2-6-14(13)30(26,27)22-17/h1-6,9H,7-8,10-11H2,(H,20,22)(H2,19,21,23,25). The molecule has 0 unspecified atom stereocenters. The van der Waals surface area contributed by atoms with E-state index in [1.807, 2.05) is 22.8 Å².